The Bertz CT molecular complexity index is 116. The van der Waals surface area contributed by atoms with Crippen LogP contribution in [0.25, 0.3) is 0 Å². The van der Waals surface area contributed by atoms with Crippen LogP contribution in [0.1, 0.15) is 27.2 Å². The summed E-state index contributed by atoms with van der Waals surface area (Å²) in [5.74, 6) is 3.26. The molecule has 1 N–H and O–H groups in total. The third kappa shape index (κ3) is 7.65. The molecule has 0 aliphatic heterocycles. The lowest BCUT2D eigenvalue weighted by Gasteiger charge is -2.17. The first-order valence-corrected chi connectivity index (χ1v) is 6.70. The van der Waals surface area contributed by atoms with E-state index >= 15 is 0 Å². The normalized spacial score (nSPS) is 15.4. The van der Waals surface area contributed by atoms with Gasteiger partial charge in [-0.05, 0) is 18.2 Å². The first-order valence-electron chi connectivity index (χ1n) is 5.54. The van der Waals surface area contributed by atoms with E-state index < -0.39 is 0 Å². The first-order chi connectivity index (χ1) is 6.74. The fraction of sp³-hybridized carbons (Fsp3) is 1.00. The average Bonchev–Trinajstić information content (AvgIpc) is 2.18. The number of methoxy groups -OCH3 is 1. The molecule has 3 heteroatoms. The molecule has 0 saturated carbocycles. The molecular weight excluding hydrogens is 194 g/mol. The molecule has 2 unspecified atom stereocenters. The summed E-state index contributed by atoms with van der Waals surface area (Å²) in [5.41, 5.74) is 0. The highest BCUT2D eigenvalue weighted by atomic mass is 32.2. The molecule has 0 fully saturated rings. The van der Waals surface area contributed by atoms with Crippen LogP contribution >= 0.6 is 11.8 Å². The van der Waals surface area contributed by atoms with Crippen LogP contribution in [-0.2, 0) is 4.74 Å². The summed E-state index contributed by atoms with van der Waals surface area (Å²) >= 11 is 2.03. The van der Waals surface area contributed by atoms with Crippen LogP contribution in [0, 0.1) is 5.92 Å². The highest BCUT2D eigenvalue weighted by Gasteiger charge is 2.07. The van der Waals surface area contributed by atoms with E-state index in [1.807, 2.05) is 11.8 Å². The zero-order valence-electron chi connectivity index (χ0n) is 10.0. The fourth-order valence-electron chi connectivity index (χ4n) is 1.19. The van der Waals surface area contributed by atoms with E-state index in [0.717, 1.165) is 24.8 Å². The number of hydrogen-bond donors (Lipinski definition) is 1. The number of nitrogens with one attached hydrogen (secondary N) is 1. The van der Waals surface area contributed by atoms with Gasteiger partial charge in [-0.15, -0.1) is 0 Å². The SMILES string of the molecule is CCNC(COC)CSCC(C)CC. The van der Waals surface area contributed by atoms with Crippen LogP contribution in [-0.4, -0.2) is 37.8 Å². The minimum absolute atomic E-state index is 0.513. The van der Waals surface area contributed by atoms with Crippen LogP contribution in [0.5, 0.6) is 0 Å². The minimum atomic E-state index is 0.513. The van der Waals surface area contributed by atoms with Gasteiger partial charge in [-0.3, -0.25) is 0 Å². The second kappa shape index (κ2) is 9.81. The minimum Gasteiger partial charge on any atom is -0.383 e. The fourth-order valence-corrected chi connectivity index (χ4v) is 2.46. The molecule has 0 saturated heterocycles. The molecule has 0 aromatic rings. The summed E-state index contributed by atoms with van der Waals surface area (Å²) in [6.45, 7) is 8.55. The summed E-state index contributed by atoms with van der Waals surface area (Å²) in [7, 11) is 1.77. The predicted octanol–water partition coefficient (Wildman–Crippen LogP) is 2.39. The van der Waals surface area contributed by atoms with Crippen molar-refractivity contribution in [1.29, 1.82) is 0 Å². The highest BCUT2D eigenvalue weighted by molar-refractivity contribution is 7.99. The molecule has 0 spiro atoms. The molecule has 0 amide bonds. The Hall–Kier alpha value is 0.270. The molecule has 14 heavy (non-hydrogen) atoms. The van der Waals surface area contributed by atoms with Crippen molar-refractivity contribution in [2.24, 2.45) is 5.92 Å². The van der Waals surface area contributed by atoms with E-state index in [9.17, 15) is 0 Å². The van der Waals surface area contributed by atoms with E-state index in [-0.39, 0.29) is 0 Å². The zero-order valence-corrected chi connectivity index (χ0v) is 10.8. The smallest absolute Gasteiger partial charge is 0.0623 e. The quantitative estimate of drug-likeness (QED) is 0.643. The van der Waals surface area contributed by atoms with Crippen LogP contribution < -0.4 is 5.32 Å². The third-order valence-corrected chi connectivity index (χ3v) is 3.72. The molecule has 86 valence electrons. The van der Waals surface area contributed by atoms with Gasteiger partial charge in [0.15, 0.2) is 0 Å². The number of ether oxygens (including phenoxy) is 1. The summed E-state index contributed by atoms with van der Waals surface area (Å²) in [6.07, 6.45) is 1.28. The lowest BCUT2D eigenvalue weighted by Crippen LogP contribution is -2.35. The van der Waals surface area contributed by atoms with Gasteiger partial charge in [0.05, 0.1) is 6.61 Å². The van der Waals surface area contributed by atoms with Crippen molar-refractivity contribution in [2.45, 2.75) is 33.2 Å². The van der Waals surface area contributed by atoms with E-state index in [0.29, 0.717) is 6.04 Å². The number of hydrogen-bond acceptors (Lipinski definition) is 3. The second-order valence-corrected chi connectivity index (χ2v) is 4.84. The van der Waals surface area contributed by atoms with Gasteiger partial charge in [0.25, 0.3) is 0 Å². The van der Waals surface area contributed by atoms with Gasteiger partial charge >= 0.3 is 0 Å². The van der Waals surface area contributed by atoms with Gasteiger partial charge in [0, 0.05) is 18.9 Å². The molecule has 0 aromatic carbocycles. The Balaban J connectivity index is 3.49. The summed E-state index contributed by atoms with van der Waals surface area (Å²) in [5, 5.41) is 3.43. The molecule has 0 rings (SSSR count). The Labute approximate surface area is 93.2 Å². The van der Waals surface area contributed by atoms with Gasteiger partial charge in [-0.1, -0.05) is 27.2 Å². The van der Waals surface area contributed by atoms with Gasteiger partial charge in [0.1, 0.15) is 0 Å². The molecule has 0 radical (unpaired) electrons. The Morgan fingerprint density at radius 1 is 1.29 bits per heavy atom. The van der Waals surface area contributed by atoms with E-state index in [2.05, 4.69) is 26.1 Å². The molecule has 0 bridgehead atoms. The van der Waals surface area contributed by atoms with E-state index in [1.54, 1.807) is 7.11 Å². The monoisotopic (exact) mass is 219 g/mol. The van der Waals surface area contributed by atoms with Crippen LogP contribution in [0.3, 0.4) is 0 Å². The van der Waals surface area contributed by atoms with Crippen LogP contribution in [0.2, 0.25) is 0 Å². The van der Waals surface area contributed by atoms with Crippen molar-refractivity contribution in [3.05, 3.63) is 0 Å². The number of thioether (sulfide) groups is 1. The van der Waals surface area contributed by atoms with Crippen molar-refractivity contribution in [1.82, 2.24) is 5.32 Å². The predicted molar refractivity (Wildman–Crippen MR) is 66.1 cm³/mol. The molecule has 0 aromatic heterocycles. The topological polar surface area (TPSA) is 21.3 Å². The summed E-state index contributed by atoms with van der Waals surface area (Å²) < 4.78 is 5.16. The first kappa shape index (κ1) is 14.3. The Morgan fingerprint density at radius 2 is 2.00 bits per heavy atom. The highest BCUT2D eigenvalue weighted by Crippen LogP contribution is 2.12. The van der Waals surface area contributed by atoms with Crippen LogP contribution in [0.4, 0.5) is 0 Å². The van der Waals surface area contributed by atoms with E-state index in [4.69, 9.17) is 4.74 Å². The molecule has 2 nitrogen and oxygen atoms in total. The lowest BCUT2D eigenvalue weighted by atomic mass is 10.2. The molecular formula is C11H25NOS. The summed E-state index contributed by atoms with van der Waals surface area (Å²) in [6, 6.07) is 0.513. The van der Waals surface area contributed by atoms with Gasteiger partial charge in [0.2, 0.25) is 0 Å². The van der Waals surface area contributed by atoms with Crippen molar-refractivity contribution >= 4 is 11.8 Å². The molecule has 0 heterocycles. The van der Waals surface area contributed by atoms with Crippen molar-refractivity contribution in [3.63, 3.8) is 0 Å². The second-order valence-electron chi connectivity index (χ2n) is 3.76. The number of likely N-dealkylation sites (N-methyl/N-ethyl adjacent to an activating group) is 1. The van der Waals surface area contributed by atoms with Crippen molar-refractivity contribution < 1.29 is 4.74 Å². The van der Waals surface area contributed by atoms with E-state index in [1.165, 1.54) is 12.2 Å². The standard InChI is InChI=1S/C11H25NOS/c1-5-10(3)8-14-9-11(7-13-4)12-6-2/h10-12H,5-9H2,1-4H3. The third-order valence-electron chi connectivity index (χ3n) is 2.28. The van der Waals surface area contributed by atoms with Gasteiger partial charge in [-0.2, -0.15) is 11.8 Å². The maximum atomic E-state index is 5.16. The molecule has 0 aliphatic rings. The Kier molecular flexibility index (Phi) is 10.0. The zero-order chi connectivity index (χ0) is 10.8. The van der Waals surface area contributed by atoms with Crippen LogP contribution in [0.15, 0.2) is 0 Å². The van der Waals surface area contributed by atoms with Gasteiger partial charge < -0.3 is 10.1 Å². The largest absolute Gasteiger partial charge is 0.383 e. The maximum absolute atomic E-state index is 5.16. The lowest BCUT2D eigenvalue weighted by molar-refractivity contribution is 0.174. The van der Waals surface area contributed by atoms with Crippen molar-refractivity contribution in [3.8, 4) is 0 Å². The average molecular weight is 219 g/mol. The van der Waals surface area contributed by atoms with Crippen molar-refractivity contribution in [2.75, 3.05) is 31.8 Å². The molecule has 0 aliphatic carbocycles. The maximum Gasteiger partial charge on any atom is 0.0623 e. The summed E-state index contributed by atoms with van der Waals surface area (Å²) in [4.78, 5) is 0. The Morgan fingerprint density at radius 3 is 2.50 bits per heavy atom. The molecule has 2 atom stereocenters. The van der Waals surface area contributed by atoms with Gasteiger partial charge in [-0.25, -0.2) is 0 Å². The number of rotatable bonds is 9.